The van der Waals surface area contributed by atoms with Crippen molar-refractivity contribution < 1.29 is 0 Å². The fourth-order valence-electron chi connectivity index (χ4n) is 5.74. The van der Waals surface area contributed by atoms with E-state index in [0.717, 1.165) is 18.8 Å². The summed E-state index contributed by atoms with van der Waals surface area (Å²) < 4.78 is 0. The smallest absolute Gasteiger partial charge is 0.136 e. The number of nitrogens with zero attached hydrogens (tertiary/aromatic N) is 3. The fourth-order valence-corrected chi connectivity index (χ4v) is 5.74. The average Bonchev–Trinajstić information content (AvgIpc) is 3.02. The van der Waals surface area contributed by atoms with Crippen molar-refractivity contribution in [2.75, 3.05) is 11.4 Å². The highest BCUT2D eigenvalue weighted by Crippen LogP contribution is 2.51. The molecule has 2 unspecified atom stereocenters. The van der Waals surface area contributed by atoms with Crippen LogP contribution in [0.5, 0.6) is 0 Å². The standard InChI is InChI=1S/C23H29N3/c1-16-8-5-6-15-26(16)22-19-10-7-13-23(21(19)24-17(2)25-22)14-12-18-9-3-4-11-20(18)23/h3-4,9,11,16H,5-8,10,12-15H2,1-2H3. The van der Waals surface area contributed by atoms with Crippen LogP contribution in [-0.2, 0) is 18.3 Å². The lowest BCUT2D eigenvalue weighted by molar-refractivity contribution is 0.406. The van der Waals surface area contributed by atoms with E-state index in [2.05, 4.69) is 43.0 Å². The molecular weight excluding hydrogens is 318 g/mol. The van der Waals surface area contributed by atoms with Crippen LogP contribution >= 0.6 is 0 Å². The highest BCUT2D eigenvalue weighted by Gasteiger charge is 2.45. The number of benzene rings is 1. The molecule has 3 heteroatoms. The van der Waals surface area contributed by atoms with Gasteiger partial charge in [-0.3, -0.25) is 0 Å². The van der Waals surface area contributed by atoms with Crippen molar-refractivity contribution in [2.24, 2.45) is 0 Å². The van der Waals surface area contributed by atoms with E-state index in [0.29, 0.717) is 6.04 Å². The third-order valence-electron chi connectivity index (χ3n) is 7.01. The van der Waals surface area contributed by atoms with Gasteiger partial charge in [-0.05, 0) is 76.3 Å². The lowest BCUT2D eigenvalue weighted by atomic mass is 9.69. The second-order valence-electron chi connectivity index (χ2n) is 8.55. The zero-order valence-corrected chi connectivity index (χ0v) is 16.1. The largest absolute Gasteiger partial charge is 0.354 e. The monoisotopic (exact) mass is 347 g/mol. The van der Waals surface area contributed by atoms with E-state index in [1.54, 1.807) is 0 Å². The van der Waals surface area contributed by atoms with E-state index < -0.39 is 0 Å². The molecule has 2 aliphatic carbocycles. The van der Waals surface area contributed by atoms with Gasteiger partial charge < -0.3 is 4.90 Å². The molecule has 5 rings (SSSR count). The molecule has 136 valence electrons. The Morgan fingerprint density at radius 2 is 1.92 bits per heavy atom. The van der Waals surface area contributed by atoms with Gasteiger partial charge in [0.25, 0.3) is 0 Å². The van der Waals surface area contributed by atoms with Gasteiger partial charge in [-0.2, -0.15) is 0 Å². The number of aromatic nitrogens is 2. The van der Waals surface area contributed by atoms with Gasteiger partial charge in [-0.1, -0.05) is 24.3 Å². The van der Waals surface area contributed by atoms with Crippen LogP contribution in [-0.4, -0.2) is 22.6 Å². The summed E-state index contributed by atoms with van der Waals surface area (Å²) in [5.41, 5.74) is 6.01. The molecule has 0 saturated carbocycles. The third-order valence-corrected chi connectivity index (χ3v) is 7.01. The van der Waals surface area contributed by atoms with Gasteiger partial charge in [0.1, 0.15) is 11.6 Å². The minimum absolute atomic E-state index is 0.131. The summed E-state index contributed by atoms with van der Waals surface area (Å²) in [6, 6.07) is 9.67. The number of aryl methyl sites for hydroxylation is 2. The Morgan fingerprint density at radius 1 is 1.04 bits per heavy atom. The Hall–Kier alpha value is -1.90. The molecule has 0 radical (unpaired) electrons. The lowest BCUT2D eigenvalue weighted by Crippen LogP contribution is -2.41. The molecular formula is C23H29N3. The number of rotatable bonds is 1. The van der Waals surface area contributed by atoms with Gasteiger partial charge in [-0.15, -0.1) is 0 Å². The molecule has 3 nitrogen and oxygen atoms in total. The van der Waals surface area contributed by atoms with Crippen molar-refractivity contribution >= 4 is 5.82 Å². The maximum atomic E-state index is 5.09. The molecule has 1 aliphatic heterocycles. The maximum absolute atomic E-state index is 5.09. The Kier molecular flexibility index (Phi) is 3.80. The first-order valence-electron chi connectivity index (χ1n) is 10.4. The van der Waals surface area contributed by atoms with E-state index in [1.165, 1.54) is 73.1 Å². The van der Waals surface area contributed by atoms with Gasteiger partial charge in [-0.25, -0.2) is 9.97 Å². The van der Waals surface area contributed by atoms with Crippen LogP contribution in [0.2, 0.25) is 0 Å². The summed E-state index contributed by atoms with van der Waals surface area (Å²) in [6.07, 6.45) is 9.95. The van der Waals surface area contributed by atoms with Crippen molar-refractivity contribution in [1.29, 1.82) is 0 Å². The van der Waals surface area contributed by atoms with Crippen LogP contribution in [0.25, 0.3) is 0 Å². The molecule has 1 saturated heterocycles. The molecule has 0 amide bonds. The Labute approximate surface area is 156 Å². The van der Waals surface area contributed by atoms with E-state index in [1.807, 2.05) is 0 Å². The summed E-state index contributed by atoms with van der Waals surface area (Å²) in [7, 11) is 0. The molecule has 0 bridgehead atoms. The van der Waals surface area contributed by atoms with Crippen LogP contribution in [0.4, 0.5) is 5.82 Å². The summed E-state index contributed by atoms with van der Waals surface area (Å²) >= 11 is 0. The number of fused-ring (bicyclic) bond motifs is 4. The molecule has 2 aromatic rings. The van der Waals surface area contributed by atoms with Crippen molar-refractivity contribution in [3.8, 4) is 0 Å². The Morgan fingerprint density at radius 3 is 2.81 bits per heavy atom. The van der Waals surface area contributed by atoms with Crippen molar-refractivity contribution in [1.82, 2.24) is 9.97 Å². The quantitative estimate of drug-likeness (QED) is 0.746. The molecule has 1 fully saturated rings. The number of hydrogen-bond acceptors (Lipinski definition) is 3. The molecule has 1 spiro atoms. The van der Waals surface area contributed by atoms with Gasteiger partial charge in [0.05, 0.1) is 5.69 Å². The van der Waals surface area contributed by atoms with E-state index >= 15 is 0 Å². The number of anilines is 1. The van der Waals surface area contributed by atoms with E-state index in [4.69, 9.17) is 9.97 Å². The highest BCUT2D eigenvalue weighted by atomic mass is 15.2. The first-order valence-corrected chi connectivity index (χ1v) is 10.4. The van der Waals surface area contributed by atoms with Crippen molar-refractivity contribution in [2.45, 2.75) is 76.7 Å². The SMILES string of the molecule is Cc1nc(N2CCCCC2C)c2c(n1)C1(CCC2)CCc2ccccc21. The lowest BCUT2D eigenvalue weighted by Gasteiger charge is -2.40. The Balaban J connectivity index is 1.69. The summed E-state index contributed by atoms with van der Waals surface area (Å²) in [5, 5.41) is 0. The normalized spacial score (nSPS) is 27.5. The van der Waals surface area contributed by atoms with Crippen LogP contribution in [0.3, 0.4) is 0 Å². The first kappa shape index (κ1) is 16.3. The molecule has 1 aromatic carbocycles. The molecule has 2 atom stereocenters. The first-order chi connectivity index (χ1) is 12.7. The number of piperidine rings is 1. The molecule has 1 aromatic heterocycles. The van der Waals surface area contributed by atoms with Crippen molar-refractivity contribution in [3.05, 3.63) is 52.5 Å². The summed E-state index contributed by atoms with van der Waals surface area (Å²) in [4.78, 5) is 12.7. The predicted octanol–water partition coefficient (Wildman–Crippen LogP) is 4.73. The molecule has 2 heterocycles. The second kappa shape index (κ2) is 6.07. The maximum Gasteiger partial charge on any atom is 0.136 e. The van der Waals surface area contributed by atoms with Crippen LogP contribution in [0.1, 0.15) is 73.7 Å². The van der Waals surface area contributed by atoms with Gasteiger partial charge in [0, 0.05) is 23.6 Å². The van der Waals surface area contributed by atoms with E-state index in [9.17, 15) is 0 Å². The molecule has 3 aliphatic rings. The zero-order valence-electron chi connectivity index (χ0n) is 16.1. The summed E-state index contributed by atoms with van der Waals surface area (Å²) in [5.74, 6) is 2.20. The minimum Gasteiger partial charge on any atom is -0.354 e. The average molecular weight is 348 g/mol. The van der Waals surface area contributed by atoms with Crippen LogP contribution in [0.15, 0.2) is 24.3 Å². The van der Waals surface area contributed by atoms with E-state index in [-0.39, 0.29) is 5.41 Å². The van der Waals surface area contributed by atoms with Gasteiger partial charge in [0.2, 0.25) is 0 Å². The summed E-state index contributed by atoms with van der Waals surface area (Å²) in [6.45, 7) is 5.60. The van der Waals surface area contributed by atoms with Crippen LogP contribution in [0, 0.1) is 6.92 Å². The number of hydrogen-bond donors (Lipinski definition) is 0. The zero-order chi connectivity index (χ0) is 17.7. The highest BCUT2D eigenvalue weighted by molar-refractivity contribution is 5.58. The fraction of sp³-hybridized carbons (Fsp3) is 0.565. The Bertz CT molecular complexity index is 843. The molecule has 26 heavy (non-hydrogen) atoms. The molecule has 0 N–H and O–H groups in total. The predicted molar refractivity (Wildman–Crippen MR) is 106 cm³/mol. The van der Waals surface area contributed by atoms with Gasteiger partial charge >= 0.3 is 0 Å². The topological polar surface area (TPSA) is 29.0 Å². The van der Waals surface area contributed by atoms with Gasteiger partial charge in [0.15, 0.2) is 0 Å². The minimum atomic E-state index is 0.131. The van der Waals surface area contributed by atoms with Crippen LogP contribution < -0.4 is 4.90 Å². The van der Waals surface area contributed by atoms with Crippen molar-refractivity contribution in [3.63, 3.8) is 0 Å². The third kappa shape index (κ3) is 2.32. The second-order valence-corrected chi connectivity index (χ2v) is 8.55.